The molecular formula is C9H15N. The largest absolute Gasteiger partial charge is 0.198 e. The van der Waals surface area contributed by atoms with Gasteiger partial charge in [0.25, 0.3) is 0 Å². The second kappa shape index (κ2) is 15.7. The van der Waals surface area contributed by atoms with E-state index in [1.807, 2.05) is 51.1 Å². The standard InChI is InChI=1S/C6H10.C3H5N/c1-3-5-6-4-2;1-2-3-4/h3-6H,1-2H3;2H2,1H3/b5-3-,6-4-;. The van der Waals surface area contributed by atoms with E-state index in [4.69, 9.17) is 5.26 Å². The summed E-state index contributed by atoms with van der Waals surface area (Å²) in [5.74, 6) is 0. The summed E-state index contributed by atoms with van der Waals surface area (Å²) in [6.07, 6.45) is 8.62. The Bertz CT molecular complexity index is 116. The molecule has 0 amide bonds. The maximum atomic E-state index is 7.62. The third-order valence-electron chi connectivity index (χ3n) is 0.654. The van der Waals surface area contributed by atoms with Crippen molar-refractivity contribution in [1.29, 1.82) is 5.26 Å². The Hall–Kier alpha value is -1.03. The number of allylic oxidation sites excluding steroid dienone is 4. The quantitative estimate of drug-likeness (QED) is 0.509. The highest BCUT2D eigenvalue weighted by Gasteiger charge is 1.49. The molecule has 0 aromatic heterocycles. The van der Waals surface area contributed by atoms with E-state index in [9.17, 15) is 0 Å². The summed E-state index contributed by atoms with van der Waals surface area (Å²) in [5, 5.41) is 7.62. The molecule has 0 spiro atoms. The molecule has 0 aliphatic carbocycles. The molecule has 10 heavy (non-hydrogen) atoms. The fourth-order valence-electron chi connectivity index (χ4n) is 0.222. The van der Waals surface area contributed by atoms with Crippen molar-refractivity contribution in [3.05, 3.63) is 24.3 Å². The van der Waals surface area contributed by atoms with Crippen LogP contribution in [0.15, 0.2) is 24.3 Å². The maximum absolute atomic E-state index is 7.62. The van der Waals surface area contributed by atoms with Gasteiger partial charge in [-0.25, -0.2) is 0 Å². The van der Waals surface area contributed by atoms with Crippen molar-refractivity contribution in [3.8, 4) is 6.07 Å². The van der Waals surface area contributed by atoms with E-state index in [1.54, 1.807) is 0 Å². The number of hydrogen-bond donors (Lipinski definition) is 0. The summed E-state index contributed by atoms with van der Waals surface area (Å²) in [6.45, 7) is 5.82. The Morgan fingerprint density at radius 2 is 1.50 bits per heavy atom. The van der Waals surface area contributed by atoms with Crippen LogP contribution in [0.4, 0.5) is 0 Å². The minimum absolute atomic E-state index is 0.625. The molecule has 1 heteroatoms. The van der Waals surface area contributed by atoms with Gasteiger partial charge in [-0.15, -0.1) is 0 Å². The first kappa shape index (κ1) is 11.7. The lowest BCUT2D eigenvalue weighted by Gasteiger charge is -1.62. The summed E-state index contributed by atoms with van der Waals surface area (Å²) in [6, 6.07) is 1.93. The first-order chi connectivity index (χ1) is 4.83. The average molecular weight is 137 g/mol. The molecule has 0 unspecified atom stereocenters. The van der Waals surface area contributed by atoms with Crippen LogP contribution in [-0.4, -0.2) is 0 Å². The topological polar surface area (TPSA) is 23.8 Å². The van der Waals surface area contributed by atoms with Crippen molar-refractivity contribution in [2.45, 2.75) is 27.2 Å². The lowest BCUT2D eigenvalue weighted by molar-refractivity contribution is 1.22. The van der Waals surface area contributed by atoms with Gasteiger partial charge in [0.15, 0.2) is 0 Å². The van der Waals surface area contributed by atoms with Gasteiger partial charge < -0.3 is 0 Å². The minimum atomic E-state index is 0.625. The van der Waals surface area contributed by atoms with Gasteiger partial charge >= 0.3 is 0 Å². The molecule has 0 fully saturated rings. The van der Waals surface area contributed by atoms with Crippen LogP contribution in [0, 0.1) is 11.3 Å². The lowest BCUT2D eigenvalue weighted by atomic mass is 10.5. The Morgan fingerprint density at radius 3 is 1.60 bits per heavy atom. The first-order valence-corrected chi connectivity index (χ1v) is 3.44. The molecule has 1 nitrogen and oxygen atoms in total. The zero-order valence-corrected chi connectivity index (χ0v) is 6.96. The van der Waals surface area contributed by atoms with Crippen molar-refractivity contribution >= 4 is 0 Å². The van der Waals surface area contributed by atoms with Crippen LogP contribution < -0.4 is 0 Å². The normalized spacial score (nSPS) is 9.00. The molecule has 0 aliphatic rings. The fraction of sp³-hybridized carbons (Fsp3) is 0.444. The highest BCUT2D eigenvalue weighted by Crippen LogP contribution is 1.71. The second-order valence-electron chi connectivity index (χ2n) is 1.56. The van der Waals surface area contributed by atoms with Crippen molar-refractivity contribution in [2.24, 2.45) is 0 Å². The van der Waals surface area contributed by atoms with Gasteiger partial charge in [0.1, 0.15) is 0 Å². The predicted molar refractivity (Wildman–Crippen MR) is 45.5 cm³/mol. The second-order valence-corrected chi connectivity index (χ2v) is 1.56. The SMILES string of the molecule is C/C=C\C=C/C.CCC#N. The predicted octanol–water partition coefficient (Wildman–Crippen LogP) is 3.06. The van der Waals surface area contributed by atoms with Crippen molar-refractivity contribution in [1.82, 2.24) is 0 Å². The van der Waals surface area contributed by atoms with Gasteiger partial charge in [0.2, 0.25) is 0 Å². The Kier molecular flexibility index (Phi) is 18.4. The summed E-state index contributed by atoms with van der Waals surface area (Å²) in [4.78, 5) is 0. The molecule has 0 N–H and O–H groups in total. The van der Waals surface area contributed by atoms with Crippen LogP contribution >= 0.6 is 0 Å². The molecule has 0 radical (unpaired) electrons. The molecular weight excluding hydrogens is 122 g/mol. The highest BCUT2D eigenvalue weighted by molar-refractivity contribution is 4.98. The monoisotopic (exact) mass is 137 g/mol. The van der Waals surface area contributed by atoms with Crippen LogP contribution in [0.25, 0.3) is 0 Å². The van der Waals surface area contributed by atoms with Gasteiger partial charge in [0, 0.05) is 6.42 Å². The molecule has 0 aromatic carbocycles. The van der Waals surface area contributed by atoms with Crippen LogP contribution in [0.1, 0.15) is 27.2 Å². The van der Waals surface area contributed by atoms with E-state index in [0.29, 0.717) is 6.42 Å². The zero-order valence-electron chi connectivity index (χ0n) is 6.96. The maximum Gasteiger partial charge on any atom is 0.0618 e. The molecule has 0 aliphatic heterocycles. The van der Waals surface area contributed by atoms with Gasteiger partial charge in [-0.05, 0) is 13.8 Å². The molecule has 0 rings (SSSR count). The summed E-state index contributed by atoms with van der Waals surface area (Å²) in [7, 11) is 0. The van der Waals surface area contributed by atoms with E-state index in [2.05, 4.69) is 0 Å². The molecule has 0 saturated carbocycles. The summed E-state index contributed by atoms with van der Waals surface area (Å²) >= 11 is 0. The molecule has 0 heterocycles. The molecule has 56 valence electrons. The number of rotatable bonds is 1. The van der Waals surface area contributed by atoms with E-state index in [0.717, 1.165) is 0 Å². The number of hydrogen-bond acceptors (Lipinski definition) is 1. The highest BCUT2D eigenvalue weighted by atomic mass is 14.2. The van der Waals surface area contributed by atoms with Crippen molar-refractivity contribution in [3.63, 3.8) is 0 Å². The van der Waals surface area contributed by atoms with Crippen molar-refractivity contribution in [2.75, 3.05) is 0 Å². The first-order valence-electron chi connectivity index (χ1n) is 3.44. The lowest BCUT2D eigenvalue weighted by Crippen LogP contribution is -1.40. The van der Waals surface area contributed by atoms with Crippen molar-refractivity contribution < 1.29 is 0 Å². The van der Waals surface area contributed by atoms with Crippen LogP contribution in [0.5, 0.6) is 0 Å². The number of nitrogens with zero attached hydrogens (tertiary/aromatic N) is 1. The molecule has 0 bridgehead atoms. The third-order valence-corrected chi connectivity index (χ3v) is 0.654. The van der Waals surface area contributed by atoms with Gasteiger partial charge in [-0.2, -0.15) is 5.26 Å². The van der Waals surface area contributed by atoms with Gasteiger partial charge in [0.05, 0.1) is 6.07 Å². The Morgan fingerprint density at radius 1 is 1.20 bits per heavy atom. The van der Waals surface area contributed by atoms with Crippen LogP contribution in [0.2, 0.25) is 0 Å². The number of nitriles is 1. The third kappa shape index (κ3) is 28.2. The van der Waals surface area contributed by atoms with Gasteiger partial charge in [-0.3, -0.25) is 0 Å². The van der Waals surface area contributed by atoms with E-state index >= 15 is 0 Å². The average Bonchev–Trinajstić information content (AvgIpc) is 2.01. The van der Waals surface area contributed by atoms with Gasteiger partial charge in [-0.1, -0.05) is 31.2 Å². The minimum Gasteiger partial charge on any atom is -0.198 e. The van der Waals surface area contributed by atoms with E-state index in [1.165, 1.54) is 0 Å². The molecule has 0 atom stereocenters. The van der Waals surface area contributed by atoms with Crippen LogP contribution in [-0.2, 0) is 0 Å². The zero-order chi connectivity index (χ0) is 8.24. The molecule has 0 aromatic rings. The smallest absolute Gasteiger partial charge is 0.0618 e. The van der Waals surface area contributed by atoms with Crippen LogP contribution in [0.3, 0.4) is 0 Å². The molecule has 0 saturated heterocycles. The Balaban J connectivity index is 0. The fourth-order valence-corrected chi connectivity index (χ4v) is 0.222. The summed E-state index contributed by atoms with van der Waals surface area (Å²) in [5.41, 5.74) is 0. The van der Waals surface area contributed by atoms with E-state index < -0.39 is 0 Å². The Labute approximate surface area is 63.7 Å². The summed E-state index contributed by atoms with van der Waals surface area (Å²) < 4.78 is 0. The van der Waals surface area contributed by atoms with E-state index in [-0.39, 0.29) is 0 Å².